The molecule has 6 heteroatoms. The molecule has 0 saturated carbocycles. The van der Waals surface area contributed by atoms with Crippen LogP contribution < -0.4 is 15.4 Å². The van der Waals surface area contributed by atoms with E-state index in [2.05, 4.69) is 27.5 Å². The maximum absolute atomic E-state index is 5.64. The molecule has 0 aliphatic heterocycles. The van der Waals surface area contributed by atoms with Crippen LogP contribution in [0.4, 0.5) is 0 Å². The largest absolute Gasteiger partial charge is 0.477 e. The number of nitrogens with zero attached hydrogens (tertiary/aromatic N) is 2. The summed E-state index contributed by atoms with van der Waals surface area (Å²) in [6.45, 7) is 4.93. The zero-order valence-electron chi connectivity index (χ0n) is 13.2. The lowest BCUT2D eigenvalue weighted by Gasteiger charge is -2.13. The molecular formula is C15H26N4O2. The number of methoxy groups -OCH3 is 1. The van der Waals surface area contributed by atoms with Gasteiger partial charge < -0.3 is 20.1 Å². The third kappa shape index (κ3) is 6.94. The summed E-state index contributed by atoms with van der Waals surface area (Å²) in [6, 6.07) is 3.91. The highest BCUT2D eigenvalue weighted by Crippen LogP contribution is 2.13. The summed E-state index contributed by atoms with van der Waals surface area (Å²) in [7, 11) is 3.46. The van der Waals surface area contributed by atoms with Gasteiger partial charge in [-0.3, -0.25) is 4.99 Å². The summed E-state index contributed by atoms with van der Waals surface area (Å²) in [4.78, 5) is 8.45. The fourth-order valence-corrected chi connectivity index (χ4v) is 1.71. The maximum atomic E-state index is 5.64. The lowest BCUT2D eigenvalue weighted by molar-refractivity contribution is 0.195. The van der Waals surface area contributed by atoms with Gasteiger partial charge in [0.2, 0.25) is 5.88 Å². The summed E-state index contributed by atoms with van der Waals surface area (Å²) >= 11 is 0. The van der Waals surface area contributed by atoms with Crippen molar-refractivity contribution >= 4 is 5.96 Å². The van der Waals surface area contributed by atoms with Crippen LogP contribution in [0.25, 0.3) is 0 Å². The van der Waals surface area contributed by atoms with E-state index in [4.69, 9.17) is 9.47 Å². The molecule has 21 heavy (non-hydrogen) atoms. The molecule has 0 saturated heterocycles. The van der Waals surface area contributed by atoms with E-state index in [9.17, 15) is 0 Å². The summed E-state index contributed by atoms with van der Waals surface area (Å²) < 4.78 is 10.7. The summed E-state index contributed by atoms with van der Waals surface area (Å²) in [5.74, 6) is 1.44. The third-order valence-corrected chi connectivity index (χ3v) is 2.78. The second-order valence-corrected chi connectivity index (χ2v) is 4.52. The van der Waals surface area contributed by atoms with E-state index in [0.29, 0.717) is 19.0 Å². The number of guanidine groups is 1. The van der Waals surface area contributed by atoms with Gasteiger partial charge in [0.05, 0.1) is 6.61 Å². The predicted octanol–water partition coefficient (Wildman–Crippen LogP) is 1.57. The Kier molecular flexibility index (Phi) is 8.95. The molecule has 0 atom stereocenters. The Bertz CT molecular complexity index is 424. The van der Waals surface area contributed by atoms with Crippen molar-refractivity contribution in [3.05, 3.63) is 23.9 Å². The Morgan fingerprint density at radius 3 is 2.90 bits per heavy atom. The molecule has 0 bridgehead atoms. The summed E-state index contributed by atoms with van der Waals surface area (Å²) in [6.07, 6.45) is 3.65. The van der Waals surface area contributed by atoms with Gasteiger partial charge in [-0.05, 0) is 18.9 Å². The fourth-order valence-electron chi connectivity index (χ4n) is 1.71. The highest BCUT2D eigenvalue weighted by Gasteiger charge is 2.05. The summed E-state index contributed by atoms with van der Waals surface area (Å²) in [5.41, 5.74) is 1.02. The van der Waals surface area contributed by atoms with Gasteiger partial charge in [0, 0.05) is 45.6 Å². The van der Waals surface area contributed by atoms with E-state index in [0.717, 1.165) is 37.5 Å². The second-order valence-electron chi connectivity index (χ2n) is 4.52. The average molecular weight is 294 g/mol. The number of pyridine rings is 1. The molecule has 1 aromatic rings. The van der Waals surface area contributed by atoms with Gasteiger partial charge in [-0.15, -0.1) is 0 Å². The topological polar surface area (TPSA) is 67.8 Å². The van der Waals surface area contributed by atoms with Gasteiger partial charge in [0.1, 0.15) is 0 Å². The molecule has 0 unspecified atom stereocenters. The van der Waals surface area contributed by atoms with Crippen molar-refractivity contribution in [2.45, 2.75) is 26.3 Å². The molecular weight excluding hydrogens is 268 g/mol. The molecule has 6 nitrogen and oxygen atoms in total. The van der Waals surface area contributed by atoms with Crippen molar-refractivity contribution in [3.8, 4) is 5.88 Å². The van der Waals surface area contributed by atoms with Crippen LogP contribution in [-0.4, -0.2) is 44.9 Å². The number of aromatic nitrogens is 1. The minimum atomic E-state index is 0.622. The van der Waals surface area contributed by atoms with Crippen LogP contribution in [0.15, 0.2) is 23.3 Å². The Hall–Kier alpha value is -1.82. The minimum absolute atomic E-state index is 0.622. The van der Waals surface area contributed by atoms with Crippen molar-refractivity contribution in [2.24, 2.45) is 4.99 Å². The van der Waals surface area contributed by atoms with Gasteiger partial charge >= 0.3 is 0 Å². The van der Waals surface area contributed by atoms with Gasteiger partial charge in [-0.25, -0.2) is 4.98 Å². The van der Waals surface area contributed by atoms with Crippen LogP contribution in [0.5, 0.6) is 5.88 Å². The number of aliphatic imine (C=N–C) groups is 1. The van der Waals surface area contributed by atoms with Crippen molar-refractivity contribution in [1.29, 1.82) is 0 Å². The van der Waals surface area contributed by atoms with E-state index in [-0.39, 0.29) is 0 Å². The molecule has 0 spiro atoms. The van der Waals surface area contributed by atoms with Crippen molar-refractivity contribution in [2.75, 3.05) is 33.9 Å². The predicted molar refractivity (Wildman–Crippen MR) is 84.7 cm³/mol. The summed E-state index contributed by atoms with van der Waals surface area (Å²) in [5, 5.41) is 6.49. The highest BCUT2D eigenvalue weighted by atomic mass is 16.5. The molecule has 0 amide bonds. The number of rotatable bonds is 9. The standard InChI is InChI=1S/C15H26N4O2/c1-4-10-21-14-13(7-5-8-17-14)12-19-15(16-2)18-9-6-11-20-3/h5,7-8H,4,6,9-12H2,1-3H3,(H2,16,18,19). The zero-order valence-corrected chi connectivity index (χ0v) is 13.2. The van der Waals surface area contributed by atoms with Crippen LogP contribution in [-0.2, 0) is 11.3 Å². The molecule has 118 valence electrons. The van der Waals surface area contributed by atoms with Crippen molar-refractivity contribution in [3.63, 3.8) is 0 Å². The third-order valence-electron chi connectivity index (χ3n) is 2.78. The lowest BCUT2D eigenvalue weighted by Crippen LogP contribution is -2.37. The van der Waals surface area contributed by atoms with E-state index in [1.807, 2.05) is 12.1 Å². The smallest absolute Gasteiger partial charge is 0.218 e. The molecule has 0 fully saturated rings. The molecule has 0 radical (unpaired) electrons. The number of hydrogen-bond acceptors (Lipinski definition) is 4. The quantitative estimate of drug-likeness (QED) is 0.411. The molecule has 1 rings (SSSR count). The van der Waals surface area contributed by atoms with E-state index in [1.54, 1.807) is 20.4 Å². The molecule has 0 aliphatic carbocycles. The van der Waals surface area contributed by atoms with Crippen LogP contribution in [0, 0.1) is 0 Å². The van der Waals surface area contributed by atoms with Crippen LogP contribution >= 0.6 is 0 Å². The highest BCUT2D eigenvalue weighted by molar-refractivity contribution is 5.79. The van der Waals surface area contributed by atoms with E-state index in [1.165, 1.54) is 0 Å². The Labute approximate surface area is 127 Å². The maximum Gasteiger partial charge on any atom is 0.218 e. The first kappa shape index (κ1) is 17.2. The molecule has 2 N–H and O–H groups in total. The molecule has 1 heterocycles. The van der Waals surface area contributed by atoms with Crippen molar-refractivity contribution < 1.29 is 9.47 Å². The first-order valence-corrected chi connectivity index (χ1v) is 7.32. The molecule has 0 aliphatic rings. The Morgan fingerprint density at radius 2 is 2.19 bits per heavy atom. The SMILES string of the molecule is CCCOc1ncccc1CNC(=NC)NCCCOC. The molecule has 1 aromatic heterocycles. The van der Waals surface area contributed by atoms with E-state index >= 15 is 0 Å². The zero-order chi connectivity index (χ0) is 15.3. The van der Waals surface area contributed by atoms with Gasteiger partial charge in [-0.1, -0.05) is 13.0 Å². The van der Waals surface area contributed by atoms with Gasteiger partial charge in [-0.2, -0.15) is 0 Å². The second kappa shape index (κ2) is 10.9. The monoisotopic (exact) mass is 294 g/mol. The Morgan fingerprint density at radius 1 is 1.33 bits per heavy atom. The number of nitrogens with one attached hydrogen (secondary N) is 2. The van der Waals surface area contributed by atoms with Crippen LogP contribution in [0.1, 0.15) is 25.3 Å². The fraction of sp³-hybridized carbons (Fsp3) is 0.600. The normalized spacial score (nSPS) is 11.3. The lowest BCUT2D eigenvalue weighted by atomic mass is 10.2. The van der Waals surface area contributed by atoms with Crippen LogP contribution in [0.3, 0.4) is 0 Å². The van der Waals surface area contributed by atoms with Gasteiger partial charge in [0.25, 0.3) is 0 Å². The number of ether oxygens (including phenoxy) is 2. The van der Waals surface area contributed by atoms with E-state index < -0.39 is 0 Å². The van der Waals surface area contributed by atoms with Crippen LogP contribution in [0.2, 0.25) is 0 Å². The van der Waals surface area contributed by atoms with Crippen molar-refractivity contribution in [1.82, 2.24) is 15.6 Å². The average Bonchev–Trinajstić information content (AvgIpc) is 2.53. The Balaban J connectivity index is 2.45. The first-order chi connectivity index (χ1) is 10.3. The van der Waals surface area contributed by atoms with Gasteiger partial charge in [0.15, 0.2) is 5.96 Å². The number of hydrogen-bond donors (Lipinski definition) is 2. The first-order valence-electron chi connectivity index (χ1n) is 7.32. The molecule has 0 aromatic carbocycles. The minimum Gasteiger partial charge on any atom is -0.477 e.